The number of rotatable bonds is 7. The highest BCUT2D eigenvalue weighted by Crippen LogP contribution is 2.22. The molecule has 1 aliphatic carbocycles. The zero-order chi connectivity index (χ0) is 11.2. The van der Waals surface area contributed by atoms with Gasteiger partial charge in [0.05, 0.1) is 25.4 Å². The maximum Gasteiger partial charge on any atom is 0.0814 e. The van der Waals surface area contributed by atoms with Gasteiger partial charge in [-0.2, -0.15) is 0 Å². The van der Waals surface area contributed by atoms with Crippen LogP contribution in [0.1, 0.15) is 32.6 Å². The molecule has 1 aliphatic heterocycles. The summed E-state index contributed by atoms with van der Waals surface area (Å²) in [4.78, 5) is 0. The number of hydrogen-bond donors (Lipinski definition) is 1. The van der Waals surface area contributed by atoms with Crippen LogP contribution in [-0.4, -0.2) is 38.0 Å². The lowest BCUT2D eigenvalue weighted by Gasteiger charge is -2.14. The van der Waals surface area contributed by atoms with Gasteiger partial charge in [-0.1, -0.05) is 12.2 Å². The van der Waals surface area contributed by atoms with Crippen LogP contribution in [0.3, 0.4) is 0 Å². The predicted octanol–water partition coefficient (Wildman–Crippen LogP) is 1.88. The molecule has 2 aliphatic rings. The minimum atomic E-state index is 0.316. The lowest BCUT2D eigenvalue weighted by Crippen LogP contribution is -2.29. The normalized spacial score (nSPS) is 30.3. The summed E-state index contributed by atoms with van der Waals surface area (Å²) in [5, 5.41) is 3.52. The Morgan fingerprint density at radius 3 is 2.81 bits per heavy atom. The molecular weight excluding hydrogens is 202 g/mol. The molecule has 3 heteroatoms. The molecule has 2 atom stereocenters. The van der Waals surface area contributed by atoms with Crippen molar-refractivity contribution in [3.63, 3.8) is 0 Å². The Morgan fingerprint density at radius 1 is 1.25 bits per heavy atom. The topological polar surface area (TPSA) is 30.5 Å². The first-order valence-corrected chi connectivity index (χ1v) is 6.46. The van der Waals surface area contributed by atoms with Crippen LogP contribution >= 0.6 is 0 Å². The van der Waals surface area contributed by atoms with Crippen molar-refractivity contribution in [3.8, 4) is 0 Å². The Kier molecular flexibility index (Phi) is 4.82. The van der Waals surface area contributed by atoms with Crippen molar-refractivity contribution in [1.82, 2.24) is 5.32 Å². The third-order valence-corrected chi connectivity index (χ3v) is 3.16. The average molecular weight is 225 g/mol. The molecule has 0 amide bonds. The van der Waals surface area contributed by atoms with Gasteiger partial charge in [-0.05, 0) is 32.6 Å². The second-order valence-electron chi connectivity index (χ2n) is 4.75. The van der Waals surface area contributed by atoms with E-state index in [9.17, 15) is 0 Å². The summed E-state index contributed by atoms with van der Waals surface area (Å²) in [5.74, 6) is 0. The van der Waals surface area contributed by atoms with Gasteiger partial charge in [0.25, 0.3) is 0 Å². The van der Waals surface area contributed by atoms with E-state index >= 15 is 0 Å². The maximum absolute atomic E-state index is 5.91. The zero-order valence-corrected chi connectivity index (χ0v) is 10.2. The summed E-state index contributed by atoms with van der Waals surface area (Å²) in [6.45, 7) is 4.48. The van der Waals surface area contributed by atoms with Gasteiger partial charge in [0.1, 0.15) is 0 Å². The largest absolute Gasteiger partial charge is 0.375 e. The highest BCUT2D eigenvalue weighted by atomic mass is 16.5. The minimum absolute atomic E-state index is 0.316. The van der Waals surface area contributed by atoms with Crippen LogP contribution in [0.4, 0.5) is 0 Å². The van der Waals surface area contributed by atoms with Crippen molar-refractivity contribution in [3.05, 3.63) is 12.2 Å². The van der Waals surface area contributed by atoms with Crippen molar-refractivity contribution in [1.29, 1.82) is 0 Å². The monoisotopic (exact) mass is 225 g/mol. The quantitative estimate of drug-likeness (QED) is 0.530. The molecule has 1 saturated heterocycles. The van der Waals surface area contributed by atoms with Crippen molar-refractivity contribution in [2.75, 3.05) is 19.8 Å². The molecule has 0 radical (unpaired) electrons. The molecule has 0 aromatic carbocycles. The van der Waals surface area contributed by atoms with E-state index in [-0.39, 0.29) is 0 Å². The molecule has 0 aromatic heterocycles. The van der Waals surface area contributed by atoms with Crippen LogP contribution in [0.5, 0.6) is 0 Å². The van der Waals surface area contributed by atoms with E-state index in [0.29, 0.717) is 18.8 Å². The molecule has 0 bridgehead atoms. The molecule has 1 saturated carbocycles. The second kappa shape index (κ2) is 6.38. The van der Waals surface area contributed by atoms with Crippen LogP contribution in [-0.2, 0) is 9.47 Å². The zero-order valence-electron chi connectivity index (χ0n) is 10.2. The first-order chi connectivity index (χ1) is 7.88. The van der Waals surface area contributed by atoms with Crippen molar-refractivity contribution in [2.45, 2.75) is 50.9 Å². The van der Waals surface area contributed by atoms with Crippen molar-refractivity contribution in [2.24, 2.45) is 0 Å². The lowest BCUT2D eigenvalue weighted by atomic mass is 10.2. The van der Waals surface area contributed by atoms with E-state index in [1.165, 1.54) is 19.3 Å². The van der Waals surface area contributed by atoms with Gasteiger partial charge < -0.3 is 14.8 Å². The smallest absolute Gasteiger partial charge is 0.0814 e. The molecule has 1 N–H and O–H groups in total. The van der Waals surface area contributed by atoms with Crippen LogP contribution in [0.2, 0.25) is 0 Å². The second-order valence-corrected chi connectivity index (χ2v) is 4.75. The first kappa shape index (κ1) is 12.1. The summed E-state index contributed by atoms with van der Waals surface area (Å²) in [7, 11) is 0. The molecule has 3 nitrogen and oxygen atoms in total. The van der Waals surface area contributed by atoms with E-state index in [0.717, 1.165) is 25.6 Å². The fraction of sp³-hybridized carbons (Fsp3) is 0.846. The Labute approximate surface area is 98.2 Å². The molecule has 2 rings (SSSR count). The van der Waals surface area contributed by atoms with Gasteiger partial charge in [-0.25, -0.2) is 0 Å². The standard InChI is InChI=1S/C13H23NO2/c1-2-3-8-15-10-13-7-6-12(16-13)9-14-11-4-5-11/h2-3,11-14H,4-10H2,1H3. The number of allylic oxidation sites excluding steroid dienone is 1. The Bertz CT molecular complexity index is 226. The van der Waals surface area contributed by atoms with E-state index in [2.05, 4.69) is 5.32 Å². The SMILES string of the molecule is CC=CCOCC1CCC(CNC2CC2)O1. The van der Waals surface area contributed by atoms with Crippen LogP contribution in [0, 0.1) is 0 Å². The highest BCUT2D eigenvalue weighted by molar-refractivity contribution is 4.84. The lowest BCUT2D eigenvalue weighted by molar-refractivity contribution is -0.00818. The summed E-state index contributed by atoms with van der Waals surface area (Å²) < 4.78 is 11.4. The molecule has 2 fully saturated rings. The van der Waals surface area contributed by atoms with Gasteiger partial charge in [0, 0.05) is 12.6 Å². The van der Waals surface area contributed by atoms with Crippen LogP contribution < -0.4 is 5.32 Å². The number of ether oxygens (including phenoxy) is 2. The molecule has 0 spiro atoms. The van der Waals surface area contributed by atoms with Gasteiger partial charge in [0.15, 0.2) is 0 Å². The Balaban J connectivity index is 1.52. The van der Waals surface area contributed by atoms with Crippen LogP contribution in [0.15, 0.2) is 12.2 Å². The summed E-state index contributed by atoms with van der Waals surface area (Å²) >= 11 is 0. The third-order valence-electron chi connectivity index (χ3n) is 3.16. The third kappa shape index (κ3) is 4.24. The molecule has 2 unspecified atom stereocenters. The van der Waals surface area contributed by atoms with Gasteiger partial charge in [0.2, 0.25) is 0 Å². The minimum Gasteiger partial charge on any atom is -0.375 e. The molecule has 1 heterocycles. The van der Waals surface area contributed by atoms with Crippen molar-refractivity contribution < 1.29 is 9.47 Å². The fourth-order valence-electron chi connectivity index (χ4n) is 2.00. The number of nitrogens with one attached hydrogen (secondary N) is 1. The summed E-state index contributed by atoms with van der Waals surface area (Å²) in [6, 6.07) is 0.786. The average Bonchev–Trinajstić information content (AvgIpc) is 3.02. The van der Waals surface area contributed by atoms with Gasteiger partial charge >= 0.3 is 0 Å². The molecular formula is C13H23NO2. The predicted molar refractivity (Wildman–Crippen MR) is 64.6 cm³/mol. The van der Waals surface area contributed by atoms with E-state index in [1.807, 2.05) is 19.1 Å². The van der Waals surface area contributed by atoms with Gasteiger partial charge in [-0.3, -0.25) is 0 Å². The van der Waals surface area contributed by atoms with E-state index < -0.39 is 0 Å². The van der Waals surface area contributed by atoms with Crippen LogP contribution in [0.25, 0.3) is 0 Å². The van der Waals surface area contributed by atoms with Gasteiger partial charge in [-0.15, -0.1) is 0 Å². The van der Waals surface area contributed by atoms with Crippen molar-refractivity contribution >= 4 is 0 Å². The summed E-state index contributed by atoms with van der Waals surface area (Å²) in [5.41, 5.74) is 0. The molecule has 16 heavy (non-hydrogen) atoms. The molecule has 0 aromatic rings. The Hall–Kier alpha value is -0.380. The first-order valence-electron chi connectivity index (χ1n) is 6.46. The van der Waals surface area contributed by atoms with E-state index in [1.54, 1.807) is 0 Å². The summed E-state index contributed by atoms with van der Waals surface area (Å²) in [6.07, 6.45) is 9.79. The van der Waals surface area contributed by atoms with E-state index in [4.69, 9.17) is 9.47 Å². The number of hydrogen-bond acceptors (Lipinski definition) is 3. The highest BCUT2D eigenvalue weighted by Gasteiger charge is 2.27. The fourth-order valence-corrected chi connectivity index (χ4v) is 2.00. The molecule has 92 valence electrons. The Morgan fingerprint density at radius 2 is 2.06 bits per heavy atom. The maximum atomic E-state index is 5.91.